The largest absolute Gasteiger partial charge is 0.459 e. The number of anilines is 1. The molecular weight excluding hydrogens is 340 g/mol. The predicted molar refractivity (Wildman–Crippen MR) is 98.0 cm³/mol. The molecule has 2 amide bonds. The Balaban J connectivity index is 2.02. The van der Waals surface area contributed by atoms with Crippen molar-refractivity contribution in [3.63, 3.8) is 0 Å². The van der Waals surface area contributed by atoms with Gasteiger partial charge in [0.25, 0.3) is 5.91 Å². The third-order valence-electron chi connectivity index (χ3n) is 4.07. The SMILES string of the molecule is Cc1cccc(Cl)c1C(=O)Nc1cccc2c(CC(N)=O)c(C)oc12. The van der Waals surface area contributed by atoms with Gasteiger partial charge in [-0.15, -0.1) is 0 Å². The summed E-state index contributed by atoms with van der Waals surface area (Å²) in [6, 6.07) is 10.7. The maximum absolute atomic E-state index is 12.7. The Morgan fingerprint density at radius 1 is 1.16 bits per heavy atom. The number of halogens is 1. The highest BCUT2D eigenvalue weighted by molar-refractivity contribution is 6.34. The molecule has 0 radical (unpaired) electrons. The van der Waals surface area contributed by atoms with Crippen LogP contribution < -0.4 is 11.1 Å². The number of furan rings is 1. The van der Waals surface area contributed by atoms with E-state index in [1.54, 1.807) is 31.2 Å². The van der Waals surface area contributed by atoms with E-state index in [2.05, 4.69) is 5.32 Å². The van der Waals surface area contributed by atoms with Crippen LogP contribution >= 0.6 is 11.6 Å². The molecule has 0 aliphatic heterocycles. The fourth-order valence-corrected chi connectivity index (χ4v) is 3.19. The molecule has 0 saturated carbocycles. The standard InChI is InChI=1S/C19H17ClN2O3/c1-10-5-3-7-14(20)17(10)19(24)22-15-8-4-6-12-13(9-16(21)23)11(2)25-18(12)15/h3-8H,9H2,1-2H3,(H2,21,23)(H,22,24). The Bertz CT molecular complexity index is 971. The summed E-state index contributed by atoms with van der Waals surface area (Å²) in [5.41, 5.74) is 8.26. The van der Waals surface area contributed by atoms with E-state index in [9.17, 15) is 9.59 Å². The van der Waals surface area contributed by atoms with E-state index in [-0.39, 0.29) is 12.3 Å². The smallest absolute Gasteiger partial charge is 0.257 e. The average molecular weight is 357 g/mol. The zero-order chi connectivity index (χ0) is 18.1. The molecule has 0 aliphatic rings. The lowest BCUT2D eigenvalue weighted by atomic mass is 10.1. The van der Waals surface area contributed by atoms with E-state index in [0.29, 0.717) is 27.6 Å². The van der Waals surface area contributed by atoms with Gasteiger partial charge >= 0.3 is 0 Å². The maximum atomic E-state index is 12.7. The number of para-hydroxylation sites is 1. The van der Waals surface area contributed by atoms with Gasteiger partial charge < -0.3 is 15.5 Å². The zero-order valence-electron chi connectivity index (χ0n) is 13.9. The number of carbonyl (C=O) groups is 2. The molecule has 0 unspecified atom stereocenters. The molecule has 0 spiro atoms. The van der Waals surface area contributed by atoms with Gasteiger partial charge in [0, 0.05) is 10.9 Å². The Hall–Kier alpha value is -2.79. The molecule has 0 fully saturated rings. The predicted octanol–water partition coefficient (Wildman–Crippen LogP) is 3.98. The van der Waals surface area contributed by atoms with Crippen molar-refractivity contribution in [2.45, 2.75) is 20.3 Å². The Morgan fingerprint density at radius 3 is 2.56 bits per heavy atom. The highest BCUT2D eigenvalue weighted by atomic mass is 35.5. The number of aryl methyl sites for hydroxylation is 2. The van der Waals surface area contributed by atoms with Crippen LogP contribution in [0.1, 0.15) is 27.2 Å². The topological polar surface area (TPSA) is 85.3 Å². The van der Waals surface area contributed by atoms with Crippen LogP contribution in [-0.4, -0.2) is 11.8 Å². The molecule has 3 rings (SSSR count). The summed E-state index contributed by atoms with van der Waals surface area (Å²) in [7, 11) is 0. The first kappa shape index (κ1) is 17.0. The van der Waals surface area contributed by atoms with Crippen molar-refractivity contribution in [3.05, 3.63) is 63.9 Å². The van der Waals surface area contributed by atoms with Gasteiger partial charge in [-0.25, -0.2) is 0 Å². The van der Waals surface area contributed by atoms with Crippen molar-refractivity contribution in [2.75, 3.05) is 5.32 Å². The number of hydrogen-bond donors (Lipinski definition) is 2. The summed E-state index contributed by atoms with van der Waals surface area (Å²) in [5, 5.41) is 3.98. The summed E-state index contributed by atoms with van der Waals surface area (Å²) in [4.78, 5) is 23.9. The Labute approximate surface area is 149 Å². The van der Waals surface area contributed by atoms with Crippen molar-refractivity contribution in [3.8, 4) is 0 Å². The second kappa shape index (κ2) is 6.61. The van der Waals surface area contributed by atoms with Crippen molar-refractivity contribution in [1.29, 1.82) is 0 Å². The second-order valence-corrected chi connectivity index (χ2v) is 6.26. The number of amides is 2. The Morgan fingerprint density at radius 2 is 1.88 bits per heavy atom. The normalized spacial score (nSPS) is 10.8. The van der Waals surface area contributed by atoms with Crippen molar-refractivity contribution in [2.24, 2.45) is 5.73 Å². The second-order valence-electron chi connectivity index (χ2n) is 5.85. The van der Waals surface area contributed by atoms with E-state index in [1.807, 2.05) is 19.1 Å². The number of nitrogens with two attached hydrogens (primary N) is 1. The van der Waals surface area contributed by atoms with Crippen LogP contribution in [0.3, 0.4) is 0 Å². The Kier molecular flexibility index (Phi) is 4.51. The molecule has 0 atom stereocenters. The fourth-order valence-electron chi connectivity index (χ4n) is 2.89. The van der Waals surface area contributed by atoms with Gasteiger partial charge in [-0.2, -0.15) is 0 Å². The number of nitrogens with one attached hydrogen (secondary N) is 1. The van der Waals surface area contributed by atoms with E-state index in [0.717, 1.165) is 16.5 Å². The molecular formula is C19H17ClN2O3. The first-order chi connectivity index (χ1) is 11.9. The third kappa shape index (κ3) is 3.23. The maximum Gasteiger partial charge on any atom is 0.257 e. The van der Waals surface area contributed by atoms with Gasteiger partial charge in [0.2, 0.25) is 5.91 Å². The molecule has 3 aromatic rings. The van der Waals surface area contributed by atoms with E-state index >= 15 is 0 Å². The minimum atomic E-state index is -0.438. The number of rotatable bonds is 4. The average Bonchev–Trinajstić information content (AvgIpc) is 2.84. The first-order valence-electron chi connectivity index (χ1n) is 7.74. The van der Waals surface area contributed by atoms with Gasteiger partial charge in [0.15, 0.2) is 5.58 Å². The zero-order valence-corrected chi connectivity index (χ0v) is 14.6. The molecule has 3 N–H and O–H groups in total. The molecule has 0 aliphatic carbocycles. The van der Waals surface area contributed by atoms with Crippen LogP contribution in [0.4, 0.5) is 5.69 Å². The highest BCUT2D eigenvalue weighted by Crippen LogP contribution is 2.32. The van der Waals surface area contributed by atoms with E-state index in [4.69, 9.17) is 21.8 Å². The van der Waals surface area contributed by atoms with Crippen LogP contribution in [0.5, 0.6) is 0 Å². The number of hydrogen-bond acceptors (Lipinski definition) is 3. The quantitative estimate of drug-likeness (QED) is 0.741. The van der Waals surface area contributed by atoms with Crippen LogP contribution in [0.15, 0.2) is 40.8 Å². The molecule has 1 aromatic heterocycles. The highest BCUT2D eigenvalue weighted by Gasteiger charge is 2.18. The molecule has 5 nitrogen and oxygen atoms in total. The third-order valence-corrected chi connectivity index (χ3v) is 4.38. The summed E-state index contributed by atoms with van der Waals surface area (Å²) in [6.07, 6.45) is 0.0832. The van der Waals surface area contributed by atoms with Crippen LogP contribution in [0.2, 0.25) is 5.02 Å². The summed E-state index contributed by atoms with van der Waals surface area (Å²) in [5.74, 6) is -0.155. The van der Waals surface area contributed by atoms with Gasteiger partial charge in [-0.1, -0.05) is 35.9 Å². The number of benzene rings is 2. The molecule has 128 valence electrons. The van der Waals surface area contributed by atoms with Crippen LogP contribution in [-0.2, 0) is 11.2 Å². The van der Waals surface area contributed by atoms with Crippen molar-refractivity contribution >= 4 is 40.1 Å². The lowest BCUT2D eigenvalue weighted by Crippen LogP contribution is -2.14. The molecule has 0 saturated heterocycles. The lowest BCUT2D eigenvalue weighted by molar-refractivity contribution is -0.117. The monoisotopic (exact) mass is 356 g/mol. The van der Waals surface area contributed by atoms with Crippen LogP contribution in [0, 0.1) is 13.8 Å². The van der Waals surface area contributed by atoms with E-state index < -0.39 is 5.91 Å². The molecule has 2 aromatic carbocycles. The molecule has 25 heavy (non-hydrogen) atoms. The van der Waals surface area contributed by atoms with Gasteiger partial charge in [0.1, 0.15) is 5.76 Å². The summed E-state index contributed by atoms with van der Waals surface area (Å²) >= 11 is 6.16. The minimum Gasteiger partial charge on any atom is -0.459 e. The van der Waals surface area contributed by atoms with Gasteiger partial charge in [0.05, 0.1) is 22.7 Å². The van der Waals surface area contributed by atoms with Gasteiger partial charge in [-0.05, 0) is 31.5 Å². The van der Waals surface area contributed by atoms with Gasteiger partial charge in [-0.3, -0.25) is 9.59 Å². The fraction of sp³-hybridized carbons (Fsp3) is 0.158. The number of carbonyl (C=O) groups excluding carboxylic acids is 2. The molecule has 6 heteroatoms. The van der Waals surface area contributed by atoms with E-state index in [1.165, 1.54) is 0 Å². The number of fused-ring (bicyclic) bond motifs is 1. The van der Waals surface area contributed by atoms with Crippen molar-refractivity contribution < 1.29 is 14.0 Å². The summed E-state index contributed by atoms with van der Waals surface area (Å²) < 4.78 is 5.77. The molecule has 1 heterocycles. The first-order valence-corrected chi connectivity index (χ1v) is 8.12. The summed E-state index contributed by atoms with van der Waals surface area (Å²) in [6.45, 7) is 3.59. The minimum absolute atomic E-state index is 0.0832. The number of primary amides is 1. The molecule has 0 bridgehead atoms. The lowest BCUT2D eigenvalue weighted by Gasteiger charge is -2.09. The van der Waals surface area contributed by atoms with Crippen molar-refractivity contribution in [1.82, 2.24) is 0 Å². The van der Waals surface area contributed by atoms with Crippen LogP contribution in [0.25, 0.3) is 11.0 Å².